The average molecular weight is 349 g/mol. The van der Waals surface area contributed by atoms with Crippen molar-refractivity contribution in [1.82, 2.24) is 5.32 Å². The Morgan fingerprint density at radius 3 is 2.44 bits per heavy atom. The van der Waals surface area contributed by atoms with Crippen molar-refractivity contribution in [1.29, 1.82) is 0 Å². The van der Waals surface area contributed by atoms with Gasteiger partial charge in [0, 0.05) is 12.1 Å². The van der Waals surface area contributed by atoms with Crippen LogP contribution in [-0.4, -0.2) is 23.7 Å². The number of aliphatic hydroxyl groups is 1. The lowest BCUT2D eigenvalue weighted by Crippen LogP contribution is -2.30. The fraction of sp³-hybridized carbons (Fsp3) is 0.316. The molecule has 2 aromatic carbocycles. The molecule has 1 amide bonds. The van der Waals surface area contributed by atoms with Gasteiger partial charge in [-0.25, -0.2) is 8.78 Å². The molecule has 2 N–H and O–H groups in total. The molecule has 0 spiro atoms. The summed E-state index contributed by atoms with van der Waals surface area (Å²) in [6.45, 7) is 3.72. The lowest BCUT2D eigenvalue weighted by molar-refractivity contribution is -0.121. The van der Waals surface area contributed by atoms with Crippen molar-refractivity contribution in [2.75, 3.05) is 6.54 Å². The van der Waals surface area contributed by atoms with Gasteiger partial charge < -0.3 is 15.2 Å². The average Bonchev–Trinajstić information content (AvgIpc) is 2.56. The highest BCUT2D eigenvalue weighted by atomic mass is 19.1. The zero-order valence-electron chi connectivity index (χ0n) is 14.1. The summed E-state index contributed by atoms with van der Waals surface area (Å²) < 4.78 is 32.6. The fourth-order valence-corrected chi connectivity index (χ4v) is 2.32. The molecule has 0 bridgehead atoms. The van der Waals surface area contributed by atoms with Crippen LogP contribution in [0.25, 0.3) is 0 Å². The number of benzene rings is 2. The van der Waals surface area contributed by atoms with Crippen LogP contribution in [0.1, 0.15) is 31.1 Å². The van der Waals surface area contributed by atoms with E-state index in [1.807, 2.05) is 13.8 Å². The zero-order chi connectivity index (χ0) is 18.4. The SMILES string of the molecule is CC(C)Oc1cccc(C(O)CNC(=O)Cc2c(F)cccc2F)c1. The summed E-state index contributed by atoms with van der Waals surface area (Å²) in [5.41, 5.74) is 0.289. The van der Waals surface area contributed by atoms with E-state index in [-0.39, 0.29) is 18.2 Å². The van der Waals surface area contributed by atoms with Gasteiger partial charge in [-0.15, -0.1) is 0 Å². The van der Waals surface area contributed by atoms with Crippen LogP contribution in [0.15, 0.2) is 42.5 Å². The molecule has 0 saturated carbocycles. The Hall–Kier alpha value is -2.47. The van der Waals surface area contributed by atoms with E-state index in [9.17, 15) is 18.7 Å². The number of carbonyl (C=O) groups is 1. The van der Waals surface area contributed by atoms with Gasteiger partial charge in [-0.05, 0) is 43.7 Å². The van der Waals surface area contributed by atoms with E-state index in [1.165, 1.54) is 6.07 Å². The summed E-state index contributed by atoms with van der Waals surface area (Å²) in [6, 6.07) is 10.3. The monoisotopic (exact) mass is 349 g/mol. The highest BCUT2D eigenvalue weighted by Crippen LogP contribution is 2.20. The molecule has 0 aromatic heterocycles. The Morgan fingerprint density at radius 1 is 1.16 bits per heavy atom. The maximum absolute atomic E-state index is 13.5. The van der Waals surface area contributed by atoms with Crippen molar-refractivity contribution >= 4 is 5.91 Å². The van der Waals surface area contributed by atoms with E-state index in [4.69, 9.17) is 4.74 Å². The van der Waals surface area contributed by atoms with Crippen molar-refractivity contribution in [2.45, 2.75) is 32.5 Å². The number of carbonyl (C=O) groups excluding carboxylic acids is 1. The number of ether oxygens (including phenoxy) is 1. The van der Waals surface area contributed by atoms with Gasteiger partial charge in [0.25, 0.3) is 0 Å². The van der Waals surface area contributed by atoms with Crippen LogP contribution >= 0.6 is 0 Å². The van der Waals surface area contributed by atoms with E-state index in [2.05, 4.69) is 5.32 Å². The number of hydrogen-bond donors (Lipinski definition) is 2. The molecule has 0 radical (unpaired) electrons. The van der Waals surface area contributed by atoms with Crippen LogP contribution in [0.3, 0.4) is 0 Å². The maximum atomic E-state index is 13.5. The molecule has 1 unspecified atom stereocenters. The number of amides is 1. The molecule has 4 nitrogen and oxygen atoms in total. The van der Waals surface area contributed by atoms with E-state index in [0.29, 0.717) is 11.3 Å². The number of aliphatic hydroxyl groups excluding tert-OH is 1. The Balaban J connectivity index is 1.93. The maximum Gasteiger partial charge on any atom is 0.224 e. The molecule has 6 heteroatoms. The predicted octanol–water partition coefficient (Wildman–Crippen LogP) is 3.14. The van der Waals surface area contributed by atoms with Crippen molar-refractivity contribution in [3.05, 3.63) is 65.2 Å². The predicted molar refractivity (Wildman–Crippen MR) is 90.2 cm³/mol. The van der Waals surface area contributed by atoms with Crippen LogP contribution in [0.4, 0.5) is 8.78 Å². The molecule has 0 fully saturated rings. The second kappa shape index (κ2) is 8.58. The first-order valence-electron chi connectivity index (χ1n) is 8.01. The molecule has 25 heavy (non-hydrogen) atoms. The van der Waals surface area contributed by atoms with E-state index in [1.54, 1.807) is 24.3 Å². The van der Waals surface area contributed by atoms with Gasteiger partial charge in [-0.3, -0.25) is 4.79 Å². The first-order chi connectivity index (χ1) is 11.9. The third kappa shape index (κ3) is 5.53. The Morgan fingerprint density at radius 2 is 1.80 bits per heavy atom. The van der Waals surface area contributed by atoms with Gasteiger partial charge in [0.15, 0.2) is 0 Å². The smallest absolute Gasteiger partial charge is 0.224 e. The molecule has 2 rings (SSSR count). The molecular formula is C19H21F2NO3. The Labute approximate surface area is 145 Å². The van der Waals surface area contributed by atoms with Crippen molar-refractivity contribution in [3.63, 3.8) is 0 Å². The molecule has 0 aliphatic rings. The molecular weight excluding hydrogens is 328 g/mol. The number of rotatable bonds is 7. The zero-order valence-corrected chi connectivity index (χ0v) is 14.1. The quantitative estimate of drug-likeness (QED) is 0.807. The van der Waals surface area contributed by atoms with E-state index < -0.39 is 30.1 Å². The second-order valence-electron chi connectivity index (χ2n) is 5.94. The van der Waals surface area contributed by atoms with Gasteiger partial charge >= 0.3 is 0 Å². The molecule has 1 atom stereocenters. The minimum Gasteiger partial charge on any atom is -0.491 e. The summed E-state index contributed by atoms with van der Waals surface area (Å²) >= 11 is 0. The van der Waals surface area contributed by atoms with Gasteiger partial charge in [0.05, 0.1) is 18.6 Å². The van der Waals surface area contributed by atoms with Crippen LogP contribution in [0.2, 0.25) is 0 Å². The topological polar surface area (TPSA) is 58.6 Å². The van der Waals surface area contributed by atoms with Crippen LogP contribution in [0.5, 0.6) is 5.75 Å². The summed E-state index contributed by atoms with van der Waals surface area (Å²) in [6.07, 6.45) is -1.38. The summed E-state index contributed by atoms with van der Waals surface area (Å²) in [7, 11) is 0. The summed E-state index contributed by atoms with van der Waals surface area (Å²) in [5, 5.41) is 12.7. The number of nitrogens with one attached hydrogen (secondary N) is 1. The molecule has 0 heterocycles. The van der Waals surface area contributed by atoms with Gasteiger partial charge in [-0.2, -0.15) is 0 Å². The molecule has 0 aliphatic heterocycles. The van der Waals surface area contributed by atoms with E-state index in [0.717, 1.165) is 12.1 Å². The lowest BCUT2D eigenvalue weighted by Gasteiger charge is -2.15. The third-order valence-corrected chi connectivity index (χ3v) is 3.51. The van der Waals surface area contributed by atoms with Crippen molar-refractivity contribution in [2.24, 2.45) is 0 Å². The number of hydrogen-bond acceptors (Lipinski definition) is 3. The largest absolute Gasteiger partial charge is 0.491 e. The van der Waals surface area contributed by atoms with E-state index >= 15 is 0 Å². The first kappa shape index (κ1) is 18.9. The minimum atomic E-state index is -0.954. The minimum absolute atomic E-state index is 0.00256. The summed E-state index contributed by atoms with van der Waals surface area (Å²) in [5.74, 6) is -1.49. The normalized spacial score (nSPS) is 12.1. The van der Waals surface area contributed by atoms with Gasteiger partial charge in [0.1, 0.15) is 17.4 Å². The molecule has 2 aromatic rings. The lowest BCUT2D eigenvalue weighted by atomic mass is 10.1. The first-order valence-corrected chi connectivity index (χ1v) is 8.01. The Bertz CT molecular complexity index is 714. The van der Waals surface area contributed by atoms with Crippen LogP contribution < -0.4 is 10.1 Å². The standard InChI is InChI=1S/C19H21F2NO3/c1-12(2)25-14-6-3-5-13(9-14)18(23)11-22-19(24)10-15-16(20)7-4-8-17(15)21/h3-9,12,18,23H,10-11H2,1-2H3,(H,22,24). The molecule has 134 valence electrons. The Kier molecular flexibility index (Phi) is 6.47. The van der Waals surface area contributed by atoms with Crippen LogP contribution in [-0.2, 0) is 11.2 Å². The highest BCUT2D eigenvalue weighted by Gasteiger charge is 2.15. The fourth-order valence-electron chi connectivity index (χ4n) is 2.32. The molecule has 0 saturated heterocycles. The highest BCUT2D eigenvalue weighted by molar-refractivity contribution is 5.78. The van der Waals surface area contributed by atoms with Gasteiger partial charge in [0.2, 0.25) is 5.91 Å². The van der Waals surface area contributed by atoms with Crippen molar-refractivity contribution < 1.29 is 23.4 Å². The van der Waals surface area contributed by atoms with Crippen molar-refractivity contribution in [3.8, 4) is 5.75 Å². The van der Waals surface area contributed by atoms with Crippen LogP contribution in [0, 0.1) is 11.6 Å². The molecule has 0 aliphatic carbocycles. The second-order valence-corrected chi connectivity index (χ2v) is 5.94. The third-order valence-electron chi connectivity index (χ3n) is 3.51. The van der Waals surface area contributed by atoms with Gasteiger partial charge in [-0.1, -0.05) is 18.2 Å². The number of halogens is 2. The summed E-state index contributed by atoms with van der Waals surface area (Å²) in [4.78, 5) is 11.9.